The Morgan fingerprint density at radius 3 is 2.25 bits per heavy atom. The summed E-state index contributed by atoms with van der Waals surface area (Å²) < 4.78 is 4.30. The molecule has 0 radical (unpaired) electrons. The van der Waals surface area contributed by atoms with Gasteiger partial charge in [-0.05, 0) is 48.6 Å². The first kappa shape index (κ1) is 25.1. The van der Waals surface area contributed by atoms with E-state index in [1.54, 1.807) is 32.2 Å². The van der Waals surface area contributed by atoms with Crippen LogP contribution >= 0.6 is 44.4 Å². The summed E-state index contributed by atoms with van der Waals surface area (Å²) in [5.41, 5.74) is 0. The van der Waals surface area contributed by atoms with Gasteiger partial charge in [0.1, 0.15) is 19.0 Å². The van der Waals surface area contributed by atoms with Crippen LogP contribution in [-0.2, 0) is 6.54 Å². The third-order valence-electron chi connectivity index (χ3n) is 5.11. The third-order valence-corrected chi connectivity index (χ3v) is 9.02. The summed E-state index contributed by atoms with van der Waals surface area (Å²) in [6.07, 6.45) is 13.9. The summed E-state index contributed by atoms with van der Waals surface area (Å²) in [4.78, 5) is 15.5. The second-order valence-corrected chi connectivity index (χ2v) is 11.2. The molecule has 0 spiro atoms. The predicted octanol–water partition coefficient (Wildman–Crippen LogP) is 8.25. The SMILES string of the molecule is CCCCCCN=c1ssc2ncccc12.CCCCCCn1sc2ncccc2c1=S. The van der Waals surface area contributed by atoms with Gasteiger partial charge < -0.3 is 0 Å². The predicted molar refractivity (Wildman–Crippen MR) is 145 cm³/mol. The lowest BCUT2D eigenvalue weighted by molar-refractivity contribution is 0.604. The van der Waals surface area contributed by atoms with Crippen molar-refractivity contribution < 1.29 is 0 Å². The van der Waals surface area contributed by atoms with E-state index in [0.717, 1.165) is 37.4 Å². The van der Waals surface area contributed by atoms with Crippen LogP contribution in [0.1, 0.15) is 65.2 Å². The van der Waals surface area contributed by atoms with Crippen LogP contribution < -0.4 is 4.67 Å². The molecule has 4 rings (SSSR count). The summed E-state index contributed by atoms with van der Waals surface area (Å²) in [6, 6.07) is 8.11. The molecule has 0 bridgehead atoms. The fraction of sp³-hybridized carbons (Fsp3) is 0.500. The molecular formula is C24H32N4S4. The van der Waals surface area contributed by atoms with E-state index in [2.05, 4.69) is 44.9 Å². The number of fused-ring (bicyclic) bond motifs is 2. The van der Waals surface area contributed by atoms with Crippen LogP contribution in [0.15, 0.2) is 41.7 Å². The van der Waals surface area contributed by atoms with Crippen molar-refractivity contribution in [3.63, 3.8) is 0 Å². The molecule has 0 atom stereocenters. The van der Waals surface area contributed by atoms with E-state index in [1.165, 1.54) is 56.8 Å². The van der Waals surface area contributed by atoms with Gasteiger partial charge in [0, 0.05) is 36.3 Å². The number of pyridine rings is 2. The number of aromatic nitrogens is 3. The summed E-state index contributed by atoms with van der Waals surface area (Å²) >= 11 is 7.12. The molecular weight excluding hydrogens is 473 g/mol. The van der Waals surface area contributed by atoms with Crippen LogP contribution in [0.4, 0.5) is 0 Å². The molecule has 4 heterocycles. The molecule has 4 aromatic rings. The van der Waals surface area contributed by atoms with E-state index in [0.29, 0.717) is 0 Å². The Labute approximate surface area is 207 Å². The maximum absolute atomic E-state index is 5.44. The molecule has 0 N–H and O–H groups in total. The topological polar surface area (TPSA) is 43.1 Å². The van der Waals surface area contributed by atoms with E-state index < -0.39 is 0 Å². The summed E-state index contributed by atoms with van der Waals surface area (Å²) in [6.45, 7) is 6.46. The first-order chi connectivity index (χ1) is 15.7. The molecule has 0 aliphatic rings. The Balaban J connectivity index is 0.000000181. The molecule has 0 aliphatic carbocycles. The lowest BCUT2D eigenvalue weighted by atomic mass is 10.2. The number of unbranched alkanes of at least 4 members (excludes halogenated alkanes) is 6. The minimum absolute atomic E-state index is 0.949. The van der Waals surface area contributed by atoms with Gasteiger partial charge in [-0.25, -0.2) is 9.97 Å². The minimum Gasteiger partial charge on any atom is -0.286 e. The third kappa shape index (κ3) is 7.27. The van der Waals surface area contributed by atoms with Gasteiger partial charge in [-0.15, -0.1) is 0 Å². The number of nitrogens with zero attached hydrogens (tertiary/aromatic N) is 4. The van der Waals surface area contributed by atoms with Gasteiger partial charge in [-0.1, -0.05) is 85.3 Å². The van der Waals surface area contributed by atoms with Crippen molar-refractivity contribution in [1.29, 1.82) is 0 Å². The average Bonchev–Trinajstić information content (AvgIpc) is 3.38. The monoisotopic (exact) mass is 504 g/mol. The summed E-state index contributed by atoms with van der Waals surface area (Å²) in [5, 5.41) is 2.34. The van der Waals surface area contributed by atoms with E-state index in [9.17, 15) is 0 Å². The second-order valence-electron chi connectivity index (χ2n) is 7.69. The average molecular weight is 505 g/mol. The maximum Gasteiger partial charge on any atom is 0.142 e. The number of hydrogen-bond acceptors (Lipinski definition) is 7. The van der Waals surface area contributed by atoms with Gasteiger partial charge in [0.25, 0.3) is 0 Å². The molecule has 4 aromatic heterocycles. The zero-order valence-electron chi connectivity index (χ0n) is 19.0. The van der Waals surface area contributed by atoms with Crippen molar-refractivity contribution in [3.8, 4) is 0 Å². The standard InChI is InChI=1S/2C12H16N2S2/c1-2-3-4-5-9-14-12(15)10-7-6-8-13-11(10)16-14;1-2-3-4-5-8-13-11-10-7-6-9-14-12(10)16-15-11/h6-8H,2-5,9H2,1H3;6-7,9H,2-5,8H2,1H3. The molecule has 0 amide bonds. The first-order valence-electron chi connectivity index (χ1n) is 11.5. The van der Waals surface area contributed by atoms with Crippen molar-refractivity contribution >= 4 is 64.9 Å². The zero-order chi connectivity index (χ0) is 22.6. The number of hydrogen-bond donors (Lipinski definition) is 0. The Morgan fingerprint density at radius 1 is 0.844 bits per heavy atom. The highest BCUT2D eigenvalue weighted by atomic mass is 32.9. The van der Waals surface area contributed by atoms with Gasteiger partial charge in [0.15, 0.2) is 0 Å². The van der Waals surface area contributed by atoms with Gasteiger partial charge in [0.05, 0.1) is 0 Å². The van der Waals surface area contributed by atoms with Gasteiger partial charge in [-0.2, -0.15) is 0 Å². The Bertz CT molecular complexity index is 1200. The highest BCUT2D eigenvalue weighted by Gasteiger charge is 2.04. The van der Waals surface area contributed by atoms with Crippen molar-refractivity contribution in [2.75, 3.05) is 6.54 Å². The van der Waals surface area contributed by atoms with Crippen LogP contribution in [0.25, 0.3) is 20.4 Å². The fourth-order valence-corrected chi connectivity index (χ4v) is 7.00. The molecule has 0 unspecified atom stereocenters. The van der Waals surface area contributed by atoms with E-state index in [-0.39, 0.29) is 0 Å². The first-order valence-corrected chi connectivity index (χ1v) is 14.9. The number of aryl methyl sites for hydroxylation is 1. The quantitative estimate of drug-likeness (QED) is 0.124. The van der Waals surface area contributed by atoms with Gasteiger partial charge in [0.2, 0.25) is 0 Å². The molecule has 0 aliphatic heterocycles. The second kappa shape index (κ2) is 13.9. The number of rotatable bonds is 10. The molecule has 8 heteroatoms. The van der Waals surface area contributed by atoms with Crippen LogP contribution in [0.5, 0.6) is 0 Å². The van der Waals surface area contributed by atoms with Crippen molar-refractivity contribution in [2.45, 2.75) is 71.8 Å². The highest BCUT2D eigenvalue weighted by Crippen LogP contribution is 2.21. The van der Waals surface area contributed by atoms with Crippen LogP contribution in [0.3, 0.4) is 0 Å². The van der Waals surface area contributed by atoms with E-state index >= 15 is 0 Å². The molecule has 0 saturated heterocycles. The molecule has 0 saturated carbocycles. The molecule has 0 aromatic carbocycles. The largest absolute Gasteiger partial charge is 0.286 e. The molecule has 172 valence electrons. The summed E-state index contributed by atoms with van der Waals surface area (Å²) in [5.74, 6) is 0. The molecule has 4 nitrogen and oxygen atoms in total. The van der Waals surface area contributed by atoms with Crippen molar-refractivity contribution in [1.82, 2.24) is 13.9 Å². The van der Waals surface area contributed by atoms with Crippen LogP contribution in [0, 0.1) is 4.64 Å². The molecule has 0 fully saturated rings. The normalized spacial score (nSPS) is 11.8. The lowest BCUT2D eigenvalue weighted by Crippen LogP contribution is -1.96. The Hall–Kier alpha value is -1.48. The van der Waals surface area contributed by atoms with E-state index in [1.807, 2.05) is 24.5 Å². The zero-order valence-corrected chi connectivity index (χ0v) is 22.2. The molecule has 32 heavy (non-hydrogen) atoms. The van der Waals surface area contributed by atoms with Gasteiger partial charge >= 0.3 is 0 Å². The summed E-state index contributed by atoms with van der Waals surface area (Å²) in [7, 11) is 3.46. The lowest BCUT2D eigenvalue weighted by Gasteiger charge is -2.00. The Morgan fingerprint density at radius 2 is 1.53 bits per heavy atom. The maximum atomic E-state index is 5.44. The smallest absolute Gasteiger partial charge is 0.142 e. The van der Waals surface area contributed by atoms with Crippen LogP contribution in [0.2, 0.25) is 0 Å². The van der Waals surface area contributed by atoms with Crippen LogP contribution in [-0.4, -0.2) is 20.5 Å². The highest BCUT2D eigenvalue weighted by molar-refractivity contribution is 7.72. The fourth-order valence-electron chi connectivity index (χ4n) is 3.31. The Kier molecular flexibility index (Phi) is 10.9. The van der Waals surface area contributed by atoms with Crippen molar-refractivity contribution in [3.05, 3.63) is 46.0 Å². The van der Waals surface area contributed by atoms with E-state index in [4.69, 9.17) is 12.2 Å². The minimum atomic E-state index is 0.949. The van der Waals surface area contributed by atoms with Gasteiger partial charge in [-0.3, -0.25) is 8.95 Å². The van der Waals surface area contributed by atoms with Crippen molar-refractivity contribution in [2.24, 2.45) is 4.99 Å².